The van der Waals surface area contributed by atoms with Crippen molar-refractivity contribution in [2.75, 3.05) is 5.75 Å². The highest BCUT2D eigenvalue weighted by molar-refractivity contribution is 7.99. The lowest BCUT2D eigenvalue weighted by Crippen LogP contribution is -2.36. The highest BCUT2D eigenvalue weighted by Gasteiger charge is 2.16. The van der Waals surface area contributed by atoms with E-state index in [1.54, 1.807) is 18.1 Å². The van der Waals surface area contributed by atoms with Gasteiger partial charge in [0, 0.05) is 18.2 Å². The standard InChI is InChI=1S/C19H26N4OS/c1-14-8-9-17(15(2)12-14)23-13-20-22-19(23)25-11-10-18(24)21-16-6-4-3-5-7-16/h8-9,12-13,16H,3-7,10-11H2,1-2H3,(H,21,24). The average molecular weight is 359 g/mol. The third kappa shape index (κ3) is 4.84. The molecule has 1 aliphatic carbocycles. The van der Waals surface area contributed by atoms with Crippen molar-refractivity contribution >= 4 is 17.7 Å². The van der Waals surface area contributed by atoms with Crippen LogP contribution in [0.3, 0.4) is 0 Å². The molecule has 1 heterocycles. The zero-order chi connectivity index (χ0) is 17.6. The number of carbonyl (C=O) groups is 1. The summed E-state index contributed by atoms with van der Waals surface area (Å²) in [5.74, 6) is 0.860. The molecule has 3 rings (SSSR count). The Morgan fingerprint density at radius 3 is 2.84 bits per heavy atom. The van der Waals surface area contributed by atoms with Crippen LogP contribution in [0.1, 0.15) is 49.7 Å². The highest BCUT2D eigenvalue weighted by atomic mass is 32.2. The molecule has 0 radical (unpaired) electrons. The van der Waals surface area contributed by atoms with Crippen LogP contribution < -0.4 is 5.32 Å². The van der Waals surface area contributed by atoms with Gasteiger partial charge in [0.05, 0.1) is 5.69 Å². The number of nitrogens with zero attached hydrogens (tertiary/aromatic N) is 3. The van der Waals surface area contributed by atoms with Gasteiger partial charge in [-0.15, -0.1) is 10.2 Å². The molecule has 0 aliphatic heterocycles. The number of rotatable bonds is 6. The number of carbonyl (C=O) groups excluding carboxylic acids is 1. The molecule has 0 spiro atoms. The molecule has 0 bridgehead atoms. The summed E-state index contributed by atoms with van der Waals surface area (Å²) >= 11 is 1.58. The van der Waals surface area contributed by atoms with E-state index in [4.69, 9.17) is 0 Å². The summed E-state index contributed by atoms with van der Waals surface area (Å²) < 4.78 is 2.00. The zero-order valence-corrected chi connectivity index (χ0v) is 15.8. The lowest BCUT2D eigenvalue weighted by atomic mass is 9.95. The Kier molecular flexibility index (Phi) is 6.13. The fourth-order valence-corrected chi connectivity index (χ4v) is 4.21. The lowest BCUT2D eigenvalue weighted by Gasteiger charge is -2.22. The van der Waals surface area contributed by atoms with E-state index in [9.17, 15) is 4.79 Å². The molecule has 25 heavy (non-hydrogen) atoms. The fraction of sp³-hybridized carbons (Fsp3) is 0.526. The van der Waals surface area contributed by atoms with Crippen LogP contribution in [-0.4, -0.2) is 32.5 Å². The minimum atomic E-state index is 0.150. The van der Waals surface area contributed by atoms with Crippen LogP contribution in [0.25, 0.3) is 5.69 Å². The van der Waals surface area contributed by atoms with Gasteiger partial charge in [-0.25, -0.2) is 0 Å². The molecule has 1 N–H and O–H groups in total. The number of thioether (sulfide) groups is 1. The van der Waals surface area contributed by atoms with Gasteiger partial charge in [-0.3, -0.25) is 9.36 Å². The van der Waals surface area contributed by atoms with Crippen molar-refractivity contribution < 1.29 is 4.79 Å². The van der Waals surface area contributed by atoms with Crippen LogP contribution in [0, 0.1) is 13.8 Å². The topological polar surface area (TPSA) is 59.8 Å². The third-order valence-electron chi connectivity index (χ3n) is 4.66. The number of hydrogen-bond acceptors (Lipinski definition) is 4. The first-order chi connectivity index (χ1) is 12.1. The molecule has 2 aromatic rings. The minimum absolute atomic E-state index is 0.150. The van der Waals surface area contributed by atoms with Crippen LogP contribution in [0.2, 0.25) is 0 Å². The maximum atomic E-state index is 12.1. The summed E-state index contributed by atoms with van der Waals surface area (Å²) in [4.78, 5) is 12.1. The molecule has 0 saturated heterocycles. The Morgan fingerprint density at radius 1 is 1.28 bits per heavy atom. The largest absolute Gasteiger partial charge is 0.353 e. The summed E-state index contributed by atoms with van der Waals surface area (Å²) in [6.07, 6.45) is 8.27. The predicted molar refractivity (Wildman–Crippen MR) is 101 cm³/mol. The van der Waals surface area contributed by atoms with Crippen molar-refractivity contribution in [2.24, 2.45) is 0 Å². The van der Waals surface area contributed by atoms with Crippen molar-refractivity contribution in [3.8, 4) is 5.69 Å². The van der Waals surface area contributed by atoms with Crippen molar-refractivity contribution in [1.29, 1.82) is 0 Å². The molecule has 1 aliphatic rings. The maximum Gasteiger partial charge on any atom is 0.221 e. The number of aromatic nitrogens is 3. The number of nitrogens with one attached hydrogen (secondary N) is 1. The van der Waals surface area contributed by atoms with E-state index in [-0.39, 0.29) is 5.91 Å². The van der Waals surface area contributed by atoms with Crippen molar-refractivity contribution in [1.82, 2.24) is 20.1 Å². The second-order valence-electron chi connectivity index (χ2n) is 6.77. The molecule has 5 nitrogen and oxygen atoms in total. The average Bonchev–Trinajstić information content (AvgIpc) is 3.04. The van der Waals surface area contributed by atoms with E-state index < -0.39 is 0 Å². The molecule has 0 atom stereocenters. The van der Waals surface area contributed by atoms with Gasteiger partial charge in [0.1, 0.15) is 6.33 Å². The van der Waals surface area contributed by atoms with Crippen LogP contribution in [0.15, 0.2) is 29.7 Å². The fourth-order valence-electron chi connectivity index (χ4n) is 3.35. The van der Waals surface area contributed by atoms with Gasteiger partial charge in [0.25, 0.3) is 0 Å². The molecule has 0 unspecified atom stereocenters. The first-order valence-electron chi connectivity index (χ1n) is 9.03. The molecular weight excluding hydrogens is 332 g/mol. The summed E-state index contributed by atoms with van der Waals surface area (Å²) in [7, 11) is 0. The van der Waals surface area contributed by atoms with E-state index in [2.05, 4.69) is 47.6 Å². The Morgan fingerprint density at radius 2 is 2.08 bits per heavy atom. The van der Waals surface area contributed by atoms with E-state index in [1.165, 1.54) is 30.4 Å². The zero-order valence-electron chi connectivity index (χ0n) is 15.0. The van der Waals surface area contributed by atoms with Crippen LogP contribution in [0.4, 0.5) is 0 Å². The van der Waals surface area contributed by atoms with E-state index in [0.29, 0.717) is 18.2 Å². The van der Waals surface area contributed by atoms with Crippen molar-refractivity contribution in [3.05, 3.63) is 35.7 Å². The van der Waals surface area contributed by atoms with Gasteiger partial charge in [-0.2, -0.15) is 0 Å². The van der Waals surface area contributed by atoms with Crippen LogP contribution in [-0.2, 0) is 4.79 Å². The van der Waals surface area contributed by atoms with Crippen LogP contribution in [0.5, 0.6) is 0 Å². The minimum Gasteiger partial charge on any atom is -0.353 e. The van der Waals surface area contributed by atoms with Crippen molar-refractivity contribution in [3.63, 3.8) is 0 Å². The number of benzene rings is 1. The Hall–Kier alpha value is -1.82. The third-order valence-corrected chi connectivity index (χ3v) is 5.60. The van der Waals surface area contributed by atoms with E-state index in [1.807, 2.05) is 4.57 Å². The first-order valence-corrected chi connectivity index (χ1v) is 10.0. The summed E-state index contributed by atoms with van der Waals surface area (Å²) in [5, 5.41) is 12.3. The number of amides is 1. The molecular formula is C19H26N4OS. The lowest BCUT2D eigenvalue weighted by molar-refractivity contribution is -0.121. The molecule has 6 heteroatoms. The van der Waals surface area contributed by atoms with E-state index >= 15 is 0 Å². The number of aryl methyl sites for hydroxylation is 2. The SMILES string of the molecule is Cc1ccc(-n2cnnc2SCCC(=O)NC2CCCCC2)c(C)c1. The van der Waals surface area contributed by atoms with Gasteiger partial charge in [-0.1, -0.05) is 48.7 Å². The normalized spacial score (nSPS) is 15.3. The Balaban J connectivity index is 1.54. The summed E-state index contributed by atoms with van der Waals surface area (Å²) in [5.41, 5.74) is 3.52. The molecule has 1 fully saturated rings. The molecule has 1 amide bonds. The first kappa shape index (κ1) is 18.0. The monoisotopic (exact) mass is 358 g/mol. The smallest absolute Gasteiger partial charge is 0.221 e. The highest BCUT2D eigenvalue weighted by Crippen LogP contribution is 2.23. The Bertz CT molecular complexity index is 722. The summed E-state index contributed by atoms with van der Waals surface area (Å²) in [6.45, 7) is 4.18. The van der Waals surface area contributed by atoms with Gasteiger partial charge in [0.2, 0.25) is 5.91 Å². The second kappa shape index (κ2) is 8.52. The van der Waals surface area contributed by atoms with Crippen molar-refractivity contribution in [2.45, 2.75) is 63.6 Å². The van der Waals surface area contributed by atoms with Gasteiger partial charge >= 0.3 is 0 Å². The maximum absolute atomic E-state index is 12.1. The van der Waals surface area contributed by atoms with Gasteiger partial charge in [-0.05, 0) is 38.3 Å². The molecule has 134 valence electrons. The summed E-state index contributed by atoms with van der Waals surface area (Å²) in [6, 6.07) is 6.72. The van der Waals surface area contributed by atoms with Gasteiger partial charge in [0.15, 0.2) is 5.16 Å². The molecule has 1 aromatic carbocycles. The predicted octanol–water partition coefficient (Wildman–Crippen LogP) is 3.82. The van der Waals surface area contributed by atoms with Crippen LogP contribution >= 0.6 is 11.8 Å². The second-order valence-corrected chi connectivity index (χ2v) is 7.84. The Labute approximate surface area is 153 Å². The van der Waals surface area contributed by atoms with Gasteiger partial charge < -0.3 is 5.32 Å². The van der Waals surface area contributed by atoms with E-state index in [0.717, 1.165) is 23.7 Å². The number of hydrogen-bond donors (Lipinski definition) is 1. The quantitative estimate of drug-likeness (QED) is 0.798. The molecule has 1 aromatic heterocycles. The molecule has 1 saturated carbocycles.